The minimum absolute atomic E-state index is 0. The van der Waals surface area contributed by atoms with Crippen LogP contribution in [0.4, 0.5) is 0 Å². The van der Waals surface area contributed by atoms with Gasteiger partial charge in [0.05, 0.1) is 6.54 Å². The molecule has 1 aliphatic rings. The molecule has 1 heterocycles. The number of nitrogens with zero attached hydrogens (tertiary/aromatic N) is 2. The van der Waals surface area contributed by atoms with Gasteiger partial charge in [-0.2, -0.15) is 0 Å². The SMILES string of the molecule is CN=C(NCCCOC)NCC(=O)N1CCC(Cc2ccccc2)CC1.I. The van der Waals surface area contributed by atoms with Gasteiger partial charge in [-0.25, -0.2) is 0 Å². The first-order chi connectivity index (χ1) is 12.7. The van der Waals surface area contributed by atoms with E-state index in [-0.39, 0.29) is 36.4 Å². The molecule has 6 nitrogen and oxygen atoms in total. The summed E-state index contributed by atoms with van der Waals surface area (Å²) in [5, 5.41) is 6.29. The van der Waals surface area contributed by atoms with E-state index < -0.39 is 0 Å². The average Bonchev–Trinajstić information content (AvgIpc) is 2.68. The van der Waals surface area contributed by atoms with Crippen molar-refractivity contribution >= 4 is 35.8 Å². The summed E-state index contributed by atoms with van der Waals surface area (Å²) in [6, 6.07) is 10.6. The number of halogens is 1. The Hall–Kier alpha value is -1.35. The molecule has 2 rings (SSSR count). The van der Waals surface area contributed by atoms with Crippen LogP contribution >= 0.6 is 24.0 Å². The fourth-order valence-corrected chi connectivity index (χ4v) is 3.25. The fraction of sp³-hybridized carbons (Fsp3) is 0.600. The van der Waals surface area contributed by atoms with Gasteiger partial charge in [-0.1, -0.05) is 30.3 Å². The maximum Gasteiger partial charge on any atom is 0.241 e. The Morgan fingerprint density at radius 2 is 1.93 bits per heavy atom. The fourth-order valence-electron chi connectivity index (χ4n) is 3.25. The van der Waals surface area contributed by atoms with Crippen molar-refractivity contribution in [2.24, 2.45) is 10.9 Å². The van der Waals surface area contributed by atoms with Crippen molar-refractivity contribution in [2.75, 3.05) is 46.9 Å². The Kier molecular flexibility index (Phi) is 12.1. The van der Waals surface area contributed by atoms with E-state index in [4.69, 9.17) is 4.74 Å². The number of ether oxygens (including phenoxy) is 1. The van der Waals surface area contributed by atoms with E-state index >= 15 is 0 Å². The zero-order valence-electron chi connectivity index (χ0n) is 16.4. The zero-order chi connectivity index (χ0) is 18.6. The van der Waals surface area contributed by atoms with Crippen LogP contribution in [0.5, 0.6) is 0 Å². The number of piperidine rings is 1. The maximum atomic E-state index is 12.4. The van der Waals surface area contributed by atoms with Crippen LogP contribution < -0.4 is 10.6 Å². The Morgan fingerprint density at radius 3 is 2.56 bits per heavy atom. The molecule has 0 aliphatic carbocycles. The third kappa shape index (κ3) is 8.92. The average molecular weight is 488 g/mol. The van der Waals surface area contributed by atoms with Crippen LogP contribution in [0.3, 0.4) is 0 Å². The first-order valence-electron chi connectivity index (χ1n) is 9.48. The number of benzene rings is 1. The summed E-state index contributed by atoms with van der Waals surface area (Å²) in [6.07, 6.45) is 4.16. The molecule has 1 saturated heterocycles. The summed E-state index contributed by atoms with van der Waals surface area (Å²) in [5.41, 5.74) is 1.39. The van der Waals surface area contributed by atoms with Gasteiger partial charge in [-0.3, -0.25) is 9.79 Å². The number of methoxy groups -OCH3 is 1. The summed E-state index contributed by atoms with van der Waals surface area (Å²) in [6.45, 7) is 3.45. The summed E-state index contributed by atoms with van der Waals surface area (Å²) in [4.78, 5) is 18.5. The first kappa shape index (κ1) is 23.7. The van der Waals surface area contributed by atoms with Crippen LogP contribution in [0.25, 0.3) is 0 Å². The number of hydrogen-bond donors (Lipinski definition) is 2. The lowest BCUT2D eigenvalue weighted by Crippen LogP contribution is -2.47. The van der Waals surface area contributed by atoms with Gasteiger partial charge in [0.25, 0.3) is 0 Å². The quantitative estimate of drug-likeness (QED) is 0.255. The van der Waals surface area contributed by atoms with Crippen molar-refractivity contribution in [1.82, 2.24) is 15.5 Å². The highest BCUT2D eigenvalue weighted by atomic mass is 127. The molecule has 0 spiro atoms. The molecule has 1 amide bonds. The first-order valence-corrected chi connectivity index (χ1v) is 9.48. The number of carbonyl (C=O) groups is 1. The minimum Gasteiger partial charge on any atom is -0.385 e. The lowest BCUT2D eigenvalue weighted by Gasteiger charge is -2.32. The predicted octanol–water partition coefficient (Wildman–Crippen LogP) is 2.29. The Bertz CT molecular complexity index is 560. The minimum atomic E-state index is 0. The highest BCUT2D eigenvalue weighted by Gasteiger charge is 2.22. The second-order valence-corrected chi connectivity index (χ2v) is 6.71. The van der Waals surface area contributed by atoms with Gasteiger partial charge in [0.2, 0.25) is 5.91 Å². The molecule has 2 N–H and O–H groups in total. The molecule has 27 heavy (non-hydrogen) atoms. The molecule has 152 valence electrons. The molecular weight excluding hydrogens is 455 g/mol. The topological polar surface area (TPSA) is 66.0 Å². The number of aliphatic imine (C=N–C) groups is 1. The lowest BCUT2D eigenvalue weighted by atomic mass is 9.90. The zero-order valence-corrected chi connectivity index (χ0v) is 18.8. The number of carbonyl (C=O) groups excluding carboxylic acids is 1. The number of nitrogens with one attached hydrogen (secondary N) is 2. The van der Waals surface area contributed by atoms with Crippen molar-refractivity contribution < 1.29 is 9.53 Å². The Balaban J connectivity index is 0.00000364. The molecule has 1 fully saturated rings. The van der Waals surface area contributed by atoms with Crippen LogP contribution in [0.2, 0.25) is 0 Å². The normalized spacial score (nSPS) is 15.2. The van der Waals surface area contributed by atoms with Crippen molar-refractivity contribution in [3.63, 3.8) is 0 Å². The Labute approximate surface area is 180 Å². The number of amides is 1. The molecule has 0 radical (unpaired) electrons. The van der Waals surface area contributed by atoms with Gasteiger partial charge >= 0.3 is 0 Å². The number of likely N-dealkylation sites (tertiary alicyclic amines) is 1. The van der Waals surface area contributed by atoms with Gasteiger partial charge < -0.3 is 20.3 Å². The number of hydrogen-bond acceptors (Lipinski definition) is 3. The molecule has 0 unspecified atom stereocenters. The summed E-state index contributed by atoms with van der Waals surface area (Å²) < 4.78 is 5.02. The van der Waals surface area contributed by atoms with E-state index in [0.717, 1.165) is 45.3 Å². The molecule has 1 aromatic carbocycles. The molecule has 7 heteroatoms. The standard InChI is InChI=1S/C20H32N4O2.HI/c1-21-20(22-11-6-14-26-2)23-16-19(25)24-12-9-18(10-13-24)15-17-7-4-3-5-8-17;/h3-5,7-8,18H,6,9-16H2,1-2H3,(H2,21,22,23);1H. The highest BCUT2D eigenvalue weighted by molar-refractivity contribution is 14.0. The predicted molar refractivity (Wildman–Crippen MR) is 121 cm³/mol. The van der Waals surface area contributed by atoms with Crippen LogP contribution in [0.1, 0.15) is 24.8 Å². The van der Waals surface area contributed by atoms with Gasteiger partial charge in [0.1, 0.15) is 0 Å². The van der Waals surface area contributed by atoms with Crippen LogP contribution in [-0.2, 0) is 16.0 Å². The third-order valence-electron chi connectivity index (χ3n) is 4.78. The van der Waals surface area contributed by atoms with E-state index in [0.29, 0.717) is 18.5 Å². The number of guanidine groups is 1. The van der Waals surface area contributed by atoms with E-state index in [2.05, 4.69) is 46.0 Å². The maximum absolute atomic E-state index is 12.4. The molecule has 1 aromatic rings. The molecule has 0 saturated carbocycles. The van der Waals surface area contributed by atoms with Crippen molar-refractivity contribution in [3.05, 3.63) is 35.9 Å². The lowest BCUT2D eigenvalue weighted by molar-refractivity contribution is -0.131. The Morgan fingerprint density at radius 1 is 1.22 bits per heavy atom. The highest BCUT2D eigenvalue weighted by Crippen LogP contribution is 2.21. The molecule has 0 bridgehead atoms. The van der Waals surface area contributed by atoms with Crippen LogP contribution in [0, 0.1) is 5.92 Å². The van der Waals surface area contributed by atoms with Gasteiger partial charge in [-0.05, 0) is 37.2 Å². The van der Waals surface area contributed by atoms with Crippen LogP contribution in [-0.4, -0.2) is 63.7 Å². The second-order valence-electron chi connectivity index (χ2n) is 6.71. The van der Waals surface area contributed by atoms with E-state index in [1.807, 2.05) is 4.90 Å². The van der Waals surface area contributed by atoms with Gasteiger partial charge in [0, 0.05) is 40.4 Å². The smallest absolute Gasteiger partial charge is 0.241 e. The van der Waals surface area contributed by atoms with E-state index in [1.165, 1.54) is 5.56 Å². The van der Waals surface area contributed by atoms with Gasteiger partial charge in [-0.15, -0.1) is 24.0 Å². The monoisotopic (exact) mass is 488 g/mol. The van der Waals surface area contributed by atoms with E-state index in [1.54, 1.807) is 14.2 Å². The molecular formula is C20H33IN4O2. The van der Waals surface area contributed by atoms with Gasteiger partial charge in [0.15, 0.2) is 5.96 Å². The molecule has 0 aromatic heterocycles. The van der Waals surface area contributed by atoms with Crippen LogP contribution in [0.15, 0.2) is 35.3 Å². The summed E-state index contributed by atoms with van der Waals surface area (Å²) >= 11 is 0. The third-order valence-corrected chi connectivity index (χ3v) is 4.78. The summed E-state index contributed by atoms with van der Waals surface area (Å²) in [7, 11) is 3.40. The van der Waals surface area contributed by atoms with E-state index in [9.17, 15) is 4.79 Å². The van der Waals surface area contributed by atoms with Crippen molar-refractivity contribution in [1.29, 1.82) is 0 Å². The molecule has 1 aliphatic heterocycles. The number of rotatable bonds is 8. The largest absolute Gasteiger partial charge is 0.385 e. The molecule has 0 atom stereocenters. The van der Waals surface area contributed by atoms with Crippen molar-refractivity contribution in [3.8, 4) is 0 Å². The summed E-state index contributed by atoms with van der Waals surface area (Å²) in [5.74, 6) is 1.47. The van der Waals surface area contributed by atoms with Crippen molar-refractivity contribution in [2.45, 2.75) is 25.7 Å². The second kappa shape index (κ2) is 13.8.